The number of aliphatic hydroxyl groups is 1. The van der Waals surface area contributed by atoms with Crippen molar-refractivity contribution < 1.29 is 14.7 Å². The Hall–Kier alpha value is -1.93. The summed E-state index contributed by atoms with van der Waals surface area (Å²) in [7, 11) is 0. The van der Waals surface area contributed by atoms with Crippen molar-refractivity contribution >= 4 is 33.2 Å². The molecule has 0 fully saturated rings. The van der Waals surface area contributed by atoms with Gasteiger partial charge in [0, 0.05) is 18.8 Å². The summed E-state index contributed by atoms with van der Waals surface area (Å²) in [6, 6.07) is 0. The molecule has 0 unspecified atom stereocenters. The molecule has 0 spiro atoms. The first-order valence-corrected chi connectivity index (χ1v) is 10.6. The minimum atomic E-state index is -0.656. The lowest BCUT2D eigenvalue weighted by molar-refractivity contribution is -0.134. The number of nitrogens with zero attached hydrogens (tertiary/aromatic N) is 1. The van der Waals surface area contributed by atoms with Crippen LogP contribution >= 0.6 is 15.9 Å². The van der Waals surface area contributed by atoms with E-state index in [1.807, 2.05) is 39.8 Å². The van der Waals surface area contributed by atoms with Crippen molar-refractivity contribution in [1.29, 1.82) is 0 Å². The Balaban J connectivity index is 5.58. The summed E-state index contributed by atoms with van der Waals surface area (Å²) < 4.78 is 1.00. The summed E-state index contributed by atoms with van der Waals surface area (Å²) in [6.45, 7) is 8.21. The van der Waals surface area contributed by atoms with Crippen molar-refractivity contribution in [1.82, 2.24) is 0 Å². The quantitative estimate of drug-likeness (QED) is 0.0951. The van der Waals surface area contributed by atoms with E-state index in [-0.39, 0.29) is 17.9 Å². The van der Waals surface area contributed by atoms with Gasteiger partial charge in [0.2, 0.25) is 11.6 Å². The second-order valence-corrected chi connectivity index (χ2v) is 7.59. The minimum Gasteiger partial charge on any atom is -0.515 e. The largest absolute Gasteiger partial charge is 0.515 e. The molecule has 0 radical (unpaired) electrons. The Kier molecular flexibility index (Phi) is 14.0. The van der Waals surface area contributed by atoms with Crippen molar-refractivity contribution in [3.63, 3.8) is 0 Å². The van der Waals surface area contributed by atoms with Gasteiger partial charge in [-0.2, -0.15) is 0 Å². The third kappa shape index (κ3) is 9.32. The molecule has 5 heteroatoms. The molecule has 0 aliphatic rings. The topological polar surface area (TPSA) is 66.7 Å². The highest BCUT2D eigenvalue weighted by Crippen LogP contribution is 2.19. The third-order valence-electron chi connectivity index (χ3n) is 4.34. The number of allylic oxidation sites excluding steroid dienone is 4. The molecule has 0 atom stereocenters. The normalized spacial score (nSPS) is 13.6. The van der Waals surface area contributed by atoms with Crippen LogP contribution in [0.15, 0.2) is 39.0 Å². The van der Waals surface area contributed by atoms with Gasteiger partial charge >= 0.3 is 0 Å². The van der Waals surface area contributed by atoms with E-state index in [0.717, 1.165) is 29.2 Å². The molecule has 1 N–H and O–H groups in total. The first-order valence-electron chi connectivity index (χ1n) is 9.76. The van der Waals surface area contributed by atoms with Crippen LogP contribution in [0, 0.1) is 18.3 Å². The van der Waals surface area contributed by atoms with Gasteiger partial charge in [0.05, 0.1) is 24.1 Å². The number of hydrogen-bond acceptors (Lipinski definition) is 4. The fourth-order valence-electron chi connectivity index (χ4n) is 2.64. The first-order chi connectivity index (χ1) is 13.4. The summed E-state index contributed by atoms with van der Waals surface area (Å²) >= 11 is 3.48. The Morgan fingerprint density at radius 1 is 1.21 bits per heavy atom. The van der Waals surface area contributed by atoms with Crippen LogP contribution in [-0.4, -0.2) is 28.9 Å². The average molecular weight is 450 g/mol. The van der Waals surface area contributed by atoms with Crippen LogP contribution in [0.25, 0.3) is 0 Å². The smallest absolute Gasteiger partial charge is 0.233 e. The second kappa shape index (κ2) is 15.0. The van der Waals surface area contributed by atoms with E-state index in [0.29, 0.717) is 31.5 Å². The van der Waals surface area contributed by atoms with Crippen LogP contribution in [-0.2, 0) is 9.59 Å². The third-order valence-corrected chi connectivity index (χ3v) is 4.99. The Morgan fingerprint density at radius 2 is 1.86 bits per heavy atom. The molecule has 0 saturated heterocycles. The summed E-state index contributed by atoms with van der Waals surface area (Å²) in [5, 5.41) is 9.69. The van der Waals surface area contributed by atoms with Gasteiger partial charge in [-0.1, -0.05) is 54.4 Å². The van der Waals surface area contributed by atoms with Gasteiger partial charge in [0.15, 0.2) is 0 Å². The number of ketones is 2. The number of aliphatic hydroxyl groups excluding tert-OH is 1. The molecular weight excluding hydrogens is 418 g/mol. The van der Waals surface area contributed by atoms with Gasteiger partial charge in [0.25, 0.3) is 0 Å². The second-order valence-electron chi connectivity index (χ2n) is 6.57. The maximum atomic E-state index is 12.5. The van der Waals surface area contributed by atoms with Gasteiger partial charge < -0.3 is 5.11 Å². The van der Waals surface area contributed by atoms with Gasteiger partial charge in [-0.05, 0) is 37.1 Å². The van der Waals surface area contributed by atoms with Crippen LogP contribution in [0.5, 0.6) is 0 Å². The van der Waals surface area contributed by atoms with Gasteiger partial charge in [0.1, 0.15) is 0 Å². The standard InChI is InChI=1S/C23H32BrNO3/c1-6-10-12-19(24)14-13-17(5)15-25-22(18(8-3)9-4)20(16-26)23(28)21(27)11-7-2/h1,12-13,16,18,26H,7-11,14-15H2,2-5H3/b17-13-,19-12+,20-16-,25-22-. The summed E-state index contributed by atoms with van der Waals surface area (Å²) in [4.78, 5) is 29.2. The van der Waals surface area contributed by atoms with E-state index in [9.17, 15) is 14.7 Å². The minimum absolute atomic E-state index is 0.00633. The van der Waals surface area contributed by atoms with Crippen molar-refractivity contribution in [3.8, 4) is 12.3 Å². The van der Waals surface area contributed by atoms with Crippen LogP contribution < -0.4 is 0 Å². The van der Waals surface area contributed by atoms with Crippen LogP contribution in [0.2, 0.25) is 0 Å². The number of hydrogen-bond donors (Lipinski definition) is 1. The van der Waals surface area contributed by atoms with Crippen molar-refractivity contribution in [2.45, 2.75) is 66.2 Å². The highest BCUT2D eigenvalue weighted by molar-refractivity contribution is 9.11. The first kappa shape index (κ1) is 26.1. The molecule has 0 amide bonds. The average Bonchev–Trinajstić information content (AvgIpc) is 2.69. The lowest BCUT2D eigenvalue weighted by Gasteiger charge is -2.17. The number of Topliss-reactive ketones (excluding diaryl/α,β-unsaturated/α-hetero) is 2. The molecule has 0 rings (SSSR count). The van der Waals surface area contributed by atoms with E-state index >= 15 is 0 Å². The number of terminal acetylenes is 1. The molecule has 0 aromatic rings. The predicted molar refractivity (Wildman–Crippen MR) is 121 cm³/mol. The Morgan fingerprint density at radius 3 is 2.36 bits per heavy atom. The van der Waals surface area contributed by atoms with Gasteiger partial charge in [-0.15, -0.1) is 12.3 Å². The van der Waals surface area contributed by atoms with Crippen molar-refractivity contribution in [3.05, 3.63) is 34.0 Å². The van der Waals surface area contributed by atoms with Gasteiger partial charge in [-0.3, -0.25) is 14.6 Å². The fourth-order valence-corrected chi connectivity index (χ4v) is 2.96. The number of carbonyl (C=O) groups is 2. The zero-order valence-corrected chi connectivity index (χ0v) is 19.0. The van der Waals surface area contributed by atoms with E-state index in [2.05, 4.69) is 26.8 Å². The van der Waals surface area contributed by atoms with Crippen molar-refractivity contribution in [2.24, 2.45) is 10.9 Å². The predicted octanol–water partition coefficient (Wildman–Crippen LogP) is 5.88. The van der Waals surface area contributed by atoms with E-state index in [1.165, 1.54) is 0 Å². The van der Waals surface area contributed by atoms with Crippen LogP contribution in [0.4, 0.5) is 0 Å². The zero-order chi connectivity index (χ0) is 21.5. The van der Waals surface area contributed by atoms with E-state index < -0.39 is 11.6 Å². The highest BCUT2D eigenvalue weighted by atomic mass is 79.9. The molecule has 0 heterocycles. The molecule has 0 bridgehead atoms. The molecule has 0 aromatic heterocycles. The molecule has 0 aliphatic heterocycles. The highest BCUT2D eigenvalue weighted by Gasteiger charge is 2.26. The fraction of sp³-hybridized carbons (Fsp3) is 0.522. The number of carbonyl (C=O) groups excluding carboxylic acids is 2. The monoisotopic (exact) mass is 449 g/mol. The SMILES string of the molecule is C#CC/C=C(/Br)C/C=C(/C)C/N=C(\C(=C\O)C(=O)C(=O)CCC)C(CC)CC. The maximum Gasteiger partial charge on any atom is 0.233 e. The zero-order valence-electron chi connectivity index (χ0n) is 17.4. The summed E-state index contributed by atoms with van der Waals surface area (Å²) in [6.07, 6.45) is 13.5. The molecule has 0 saturated carbocycles. The molecule has 28 heavy (non-hydrogen) atoms. The van der Waals surface area contributed by atoms with E-state index in [1.54, 1.807) is 0 Å². The van der Waals surface area contributed by atoms with Gasteiger partial charge in [-0.25, -0.2) is 0 Å². The number of halogens is 1. The maximum absolute atomic E-state index is 12.5. The van der Waals surface area contributed by atoms with E-state index in [4.69, 9.17) is 6.42 Å². The molecule has 0 aromatic carbocycles. The Labute approximate surface area is 178 Å². The lowest BCUT2D eigenvalue weighted by atomic mass is 9.88. The van der Waals surface area contributed by atoms with Crippen LogP contribution in [0.1, 0.15) is 66.2 Å². The lowest BCUT2D eigenvalue weighted by Crippen LogP contribution is -2.26. The molecular formula is C23H32BrNO3. The summed E-state index contributed by atoms with van der Waals surface area (Å²) in [5.74, 6) is 1.42. The Bertz CT molecular complexity index is 689. The number of rotatable bonds is 13. The molecule has 4 nitrogen and oxygen atoms in total. The molecule has 154 valence electrons. The number of aliphatic imine (C=N–C) groups is 1. The molecule has 0 aliphatic carbocycles. The van der Waals surface area contributed by atoms with Crippen LogP contribution in [0.3, 0.4) is 0 Å². The van der Waals surface area contributed by atoms with Crippen molar-refractivity contribution in [2.75, 3.05) is 6.54 Å². The summed E-state index contributed by atoms with van der Waals surface area (Å²) in [5.41, 5.74) is 1.56.